The largest absolute Gasteiger partial charge is 0.376 e. The first-order valence-electron chi connectivity index (χ1n) is 8.87. The summed E-state index contributed by atoms with van der Waals surface area (Å²) in [4.78, 5) is 0. The lowest BCUT2D eigenvalue weighted by Crippen LogP contribution is -2.16. The van der Waals surface area contributed by atoms with E-state index in [0.717, 1.165) is 46.8 Å². The smallest absolute Gasteiger partial charge is 0.191 e. The van der Waals surface area contributed by atoms with Crippen molar-refractivity contribution in [2.75, 3.05) is 6.61 Å². The first-order chi connectivity index (χ1) is 13.2. The Labute approximate surface area is 166 Å². The lowest BCUT2D eigenvalue weighted by atomic mass is 10.2. The van der Waals surface area contributed by atoms with Gasteiger partial charge in [0.2, 0.25) is 0 Å². The van der Waals surface area contributed by atoms with Gasteiger partial charge in [-0.1, -0.05) is 35.5 Å². The van der Waals surface area contributed by atoms with E-state index in [4.69, 9.17) is 16.3 Å². The molecule has 0 bridgehead atoms. The van der Waals surface area contributed by atoms with E-state index < -0.39 is 0 Å². The zero-order valence-electron chi connectivity index (χ0n) is 14.6. The maximum atomic E-state index is 13.3. The van der Waals surface area contributed by atoms with Crippen molar-refractivity contribution in [3.63, 3.8) is 0 Å². The average Bonchev–Trinajstić information content (AvgIpc) is 3.33. The van der Waals surface area contributed by atoms with Gasteiger partial charge in [-0.05, 0) is 54.8 Å². The molecule has 2 heterocycles. The Morgan fingerprint density at radius 1 is 1.11 bits per heavy atom. The molecular weight excluding hydrogens is 385 g/mol. The Hall–Kier alpha value is -1.89. The summed E-state index contributed by atoms with van der Waals surface area (Å²) in [5.74, 6) is 1.25. The topological polar surface area (TPSA) is 39.9 Å². The van der Waals surface area contributed by atoms with Crippen LogP contribution >= 0.6 is 23.4 Å². The monoisotopic (exact) mass is 403 g/mol. The number of nitrogens with zero attached hydrogens (tertiary/aromatic N) is 3. The standard InChI is InChI=1S/C20H19ClFN3OS/c21-16-7-3-14(4-8-16)13-27-20-24-23-19(15-5-9-17(22)10-6-15)25(20)12-18-2-1-11-26-18/h3-10,18H,1-2,11-13H2/t18-/m0/s1. The maximum Gasteiger partial charge on any atom is 0.191 e. The van der Waals surface area contributed by atoms with E-state index in [1.807, 2.05) is 24.3 Å². The lowest BCUT2D eigenvalue weighted by molar-refractivity contribution is 0.0953. The Bertz CT molecular complexity index is 893. The summed E-state index contributed by atoms with van der Waals surface area (Å²) in [6, 6.07) is 14.2. The molecule has 0 unspecified atom stereocenters. The number of thioether (sulfide) groups is 1. The van der Waals surface area contributed by atoms with Gasteiger partial charge in [0.1, 0.15) is 5.82 Å². The minimum atomic E-state index is -0.263. The van der Waals surface area contributed by atoms with Crippen LogP contribution in [0.2, 0.25) is 5.02 Å². The highest BCUT2D eigenvalue weighted by molar-refractivity contribution is 7.98. The quantitative estimate of drug-likeness (QED) is 0.530. The van der Waals surface area contributed by atoms with Gasteiger partial charge < -0.3 is 4.74 Å². The molecular formula is C20H19ClFN3OS. The molecule has 1 aliphatic heterocycles. The highest BCUT2D eigenvalue weighted by Gasteiger charge is 2.21. The summed E-state index contributed by atoms with van der Waals surface area (Å²) in [5.41, 5.74) is 2.01. The molecule has 0 aliphatic carbocycles. The van der Waals surface area contributed by atoms with Crippen LogP contribution in [0.4, 0.5) is 4.39 Å². The Kier molecular flexibility index (Phi) is 5.76. The van der Waals surface area contributed by atoms with Crippen LogP contribution in [0.15, 0.2) is 53.7 Å². The van der Waals surface area contributed by atoms with E-state index in [9.17, 15) is 4.39 Å². The minimum Gasteiger partial charge on any atom is -0.376 e. The normalized spacial score (nSPS) is 16.7. The van der Waals surface area contributed by atoms with E-state index in [1.54, 1.807) is 23.9 Å². The molecule has 4 nitrogen and oxygen atoms in total. The fourth-order valence-electron chi connectivity index (χ4n) is 3.09. The van der Waals surface area contributed by atoms with Gasteiger partial charge in [0, 0.05) is 22.9 Å². The van der Waals surface area contributed by atoms with Gasteiger partial charge in [-0.2, -0.15) is 0 Å². The van der Waals surface area contributed by atoms with Gasteiger partial charge in [-0.3, -0.25) is 4.57 Å². The summed E-state index contributed by atoms with van der Waals surface area (Å²) < 4.78 is 21.2. The highest BCUT2D eigenvalue weighted by Crippen LogP contribution is 2.28. The molecule has 0 radical (unpaired) electrons. The van der Waals surface area contributed by atoms with Crippen LogP contribution in [0, 0.1) is 5.82 Å². The van der Waals surface area contributed by atoms with Gasteiger partial charge >= 0.3 is 0 Å². The number of ether oxygens (including phenoxy) is 1. The summed E-state index contributed by atoms with van der Waals surface area (Å²) >= 11 is 7.58. The second-order valence-corrected chi connectivity index (χ2v) is 7.85. The Morgan fingerprint density at radius 2 is 1.89 bits per heavy atom. The Balaban J connectivity index is 1.59. The van der Waals surface area contributed by atoms with Gasteiger partial charge in [-0.15, -0.1) is 10.2 Å². The van der Waals surface area contributed by atoms with Crippen molar-refractivity contribution in [2.45, 2.75) is 36.4 Å². The van der Waals surface area contributed by atoms with Crippen LogP contribution in [-0.4, -0.2) is 27.5 Å². The molecule has 0 saturated carbocycles. The first kappa shape index (κ1) is 18.5. The molecule has 2 aromatic carbocycles. The third-order valence-corrected chi connectivity index (χ3v) is 5.80. The van der Waals surface area contributed by atoms with Crippen molar-refractivity contribution in [2.24, 2.45) is 0 Å². The van der Waals surface area contributed by atoms with E-state index in [2.05, 4.69) is 14.8 Å². The second-order valence-electron chi connectivity index (χ2n) is 6.47. The van der Waals surface area contributed by atoms with Crippen LogP contribution < -0.4 is 0 Å². The molecule has 0 N–H and O–H groups in total. The van der Waals surface area contributed by atoms with Crippen LogP contribution in [0.1, 0.15) is 18.4 Å². The van der Waals surface area contributed by atoms with Crippen molar-refractivity contribution in [1.29, 1.82) is 0 Å². The molecule has 4 rings (SSSR count). The van der Waals surface area contributed by atoms with Crippen molar-refractivity contribution >= 4 is 23.4 Å². The number of benzene rings is 2. The number of hydrogen-bond donors (Lipinski definition) is 0. The van der Waals surface area contributed by atoms with E-state index in [0.29, 0.717) is 6.54 Å². The highest BCUT2D eigenvalue weighted by atomic mass is 35.5. The van der Waals surface area contributed by atoms with Gasteiger partial charge in [0.15, 0.2) is 11.0 Å². The van der Waals surface area contributed by atoms with Crippen molar-refractivity contribution < 1.29 is 9.13 Å². The van der Waals surface area contributed by atoms with Crippen molar-refractivity contribution in [3.8, 4) is 11.4 Å². The molecule has 1 aliphatic rings. The molecule has 1 atom stereocenters. The van der Waals surface area contributed by atoms with Gasteiger partial charge in [-0.25, -0.2) is 4.39 Å². The molecule has 27 heavy (non-hydrogen) atoms. The van der Waals surface area contributed by atoms with Crippen LogP contribution in [0.5, 0.6) is 0 Å². The molecule has 0 spiro atoms. The maximum absolute atomic E-state index is 13.3. The molecule has 7 heteroatoms. The molecule has 3 aromatic rings. The van der Waals surface area contributed by atoms with Crippen molar-refractivity contribution in [3.05, 3.63) is 64.9 Å². The number of hydrogen-bond acceptors (Lipinski definition) is 4. The fourth-order valence-corrected chi connectivity index (χ4v) is 4.12. The van der Waals surface area contributed by atoms with E-state index in [1.165, 1.54) is 17.7 Å². The van der Waals surface area contributed by atoms with Crippen LogP contribution in [0.3, 0.4) is 0 Å². The number of rotatable bonds is 6. The zero-order chi connectivity index (χ0) is 18.6. The first-order valence-corrected chi connectivity index (χ1v) is 10.2. The van der Waals surface area contributed by atoms with Gasteiger partial charge in [0.25, 0.3) is 0 Å². The van der Waals surface area contributed by atoms with Crippen LogP contribution in [-0.2, 0) is 17.0 Å². The summed E-state index contributed by atoms with van der Waals surface area (Å²) in [6.07, 6.45) is 2.27. The second kappa shape index (κ2) is 8.42. The summed E-state index contributed by atoms with van der Waals surface area (Å²) in [7, 11) is 0. The lowest BCUT2D eigenvalue weighted by Gasteiger charge is -2.14. The van der Waals surface area contributed by atoms with E-state index in [-0.39, 0.29) is 11.9 Å². The average molecular weight is 404 g/mol. The SMILES string of the molecule is Fc1ccc(-c2nnc(SCc3ccc(Cl)cc3)n2C[C@@H]2CCCO2)cc1. The fraction of sp³-hybridized carbons (Fsp3) is 0.300. The third-order valence-electron chi connectivity index (χ3n) is 4.51. The minimum absolute atomic E-state index is 0.162. The molecule has 1 aromatic heterocycles. The zero-order valence-corrected chi connectivity index (χ0v) is 16.2. The summed E-state index contributed by atoms with van der Waals surface area (Å²) in [6.45, 7) is 1.49. The predicted octanol–water partition coefficient (Wildman–Crippen LogP) is 5.21. The summed E-state index contributed by atoms with van der Waals surface area (Å²) in [5, 5.41) is 10.3. The van der Waals surface area contributed by atoms with E-state index >= 15 is 0 Å². The number of halogens is 2. The Morgan fingerprint density at radius 3 is 2.59 bits per heavy atom. The molecule has 140 valence electrons. The number of aromatic nitrogens is 3. The molecule has 0 amide bonds. The van der Waals surface area contributed by atoms with Crippen LogP contribution in [0.25, 0.3) is 11.4 Å². The molecule has 1 fully saturated rings. The third kappa shape index (κ3) is 4.51. The van der Waals surface area contributed by atoms with Gasteiger partial charge in [0.05, 0.1) is 12.6 Å². The predicted molar refractivity (Wildman–Crippen MR) is 105 cm³/mol. The van der Waals surface area contributed by atoms with Crippen molar-refractivity contribution in [1.82, 2.24) is 14.8 Å². The molecule has 1 saturated heterocycles.